The van der Waals surface area contributed by atoms with Crippen molar-refractivity contribution in [2.75, 3.05) is 12.4 Å². The Kier molecular flexibility index (Phi) is 3.48. The van der Waals surface area contributed by atoms with Crippen molar-refractivity contribution in [1.29, 1.82) is 0 Å². The van der Waals surface area contributed by atoms with Crippen molar-refractivity contribution >= 4 is 39.2 Å². The molecule has 100 valence electrons. The highest BCUT2D eigenvalue weighted by Crippen LogP contribution is 2.23. The zero-order valence-corrected chi connectivity index (χ0v) is 13.0. The minimum atomic E-state index is -0.309. The van der Waals surface area contributed by atoms with Crippen molar-refractivity contribution in [2.24, 2.45) is 0 Å². The van der Waals surface area contributed by atoms with Crippen LogP contribution in [0.25, 0.3) is 22.1 Å². The maximum absolute atomic E-state index is 12.1. The summed E-state index contributed by atoms with van der Waals surface area (Å²) in [5.74, 6) is 0. The first-order chi connectivity index (χ1) is 9.67. The van der Waals surface area contributed by atoms with Crippen LogP contribution in [0.15, 0.2) is 57.7 Å². The summed E-state index contributed by atoms with van der Waals surface area (Å²) < 4.78 is 6.50. The van der Waals surface area contributed by atoms with Crippen LogP contribution in [0.3, 0.4) is 0 Å². The highest BCUT2D eigenvalue weighted by Gasteiger charge is 2.08. The number of benzene rings is 2. The summed E-state index contributed by atoms with van der Waals surface area (Å²) in [5.41, 5.74) is 2.76. The number of hydrogen-bond acceptors (Lipinski definition) is 3. The molecule has 0 atom stereocenters. The number of halogens is 1. The van der Waals surface area contributed by atoms with Gasteiger partial charge in [0.25, 0.3) is 0 Å². The Morgan fingerprint density at radius 2 is 1.80 bits per heavy atom. The maximum atomic E-state index is 12.1. The first-order valence-corrected chi connectivity index (χ1v) is 7.27. The van der Waals surface area contributed by atoms with Crippen molar-refractivity contribution in [3.63, 3.8) is 0 Å². The molecule has 3 nitrogen and oxygen atoms in total. The Morgan fingerprint density at radius 3 is 2.50 bits per heavy atom. The van der Waals surface area contributed by atoms with Gasteiger partial charge in [0, 0.05) is 21.7 Å². The third-order valence-electron chi connectivity index (χ3n) is 3.18. The van der Waals surface area contributed by atoms with Gasteiger partial charge in [0.05, 0.1) is 5.56 Å². The van der Waals surface area contributed by atoms with Gasteiger partial charge in [-0.3, -0.25) is 0 Å². The van der Waals surface area contributed by atoms with Crippen LogP contribution in [0.1, 0.15) is 0 Å². The fourth-order valence-corrected chi connectivity index (χ4v) is 2.63. The lowest BCUT2D eigenvalue weighted by Gasteiger charge is -2.04. The molecule has 0 saturated heterocycles. The van der Waals surface area contributed by atoms with Gasteiger partial charge in [-0.2, -0.15) is 0 Å². The SMILES string of the molecule is CNc1ccc(-c2cc3cc(I)ccc3oc2=O)cc1. The lowest BCUT2D eigenvalue weighted by Crippen LogP contribution is -2.02. The van der Waals surface area contributed by atoms with E-state index in [9.17, 15) is 4.79 Å². The number of nitrogens with one attached hydrogen (secondary N) is 1. The second-order valence-corrected chi connectivity index (χ2v) is 5.70. The fourth-order valence-electron chi connectivity index (χ4n) is 2.11. The summed E-state index contributed by atoms with van der Waals surface area (Å²) >= 11 is 2.24. The van der Waals surface area contributed by atoms with Crippen molar-refractivity contribution in [3.05, 3.63) is 62.5 Å². The molecule has 0 unspecified atom stereocenters. The first-order valence-electron chi connectivity index (χ1n) is 6.19. The Balaban J connectivity index is 2.19. The van der Waals surface area contributed by atoms with E-state index in [1.807, 2.05) is 55.6 Å². The van der Waals surface area contributed by atoms with Crippen LogP contribution in [0.4, 0.5) is 5.69 Å². The molecular formula is C16H12INO2. The average molecular weight is 377 g/mol. The molecule has 3 aromatic rings. The third kappa shape index (κ3) is 2.43. The van der Waals surface area contributed by atoms with Crippen molar-refractivity contribution < 1.29 is 4.42 Å². The highest BCUT2D eigenvalue weighted by molar-refractivity contribution is 14.1. The van der Waals surface area contributed by atoms with Crippen LogP contribution >= 0.6 is 22.6 Å². The van der Waals surface area contributed by atoms with E-state index in [0.29, 0.717) is 11.1 Å². The molecule has 0 saturated carbocycles. The van der Waals surface area contributed by atoms with E-state index in [2.05, 4.69) is 27.9 Å². The molecule has 0 bridgehead atoms. The number of hydrogen-bond donors (Lipinski definition) is 1. The normalized spacial score (nSPS) is 10.7. The largest absolute Gasteiger partial charge is 0.422 e. The minimum Gasteiger partial charge on any atom is -0.422 e. The van der Waals surface area contributed by atoms with Gasteiger partial charge in [-0.1, -0.05) is 12.1 Å². The Bertz CT molecular complexity index is 822. The second kappa shape index (κ2) is 5.28. The zero-order valence-electron chi connectivity index (χ0n) is 10.8. The number of rotatable bonds is 2. The molecule has 0 fully saturated rings. The molecule has 20 heavy (non-hydrogen) atoms. The van der Waals surface area contributed by atoms with Gasteiger partial charge >= 0.3 is 5.63 Å². The van der Waals surface area contributed by atoms with Crippen LogP contribution in [-0.2, 0) is 0 Å². The van der Waals surface area contributed by atoms with Crippen LogP contribution in [0.5, 0.6) is 0 Å². The molecule has 1 aromatic heterocycles. The second-order valence-electron chi connectivity index (χ2n) is 4.46. The van der Waals surface area contributed by atoms with Crippen molar-refractivity contribution in [1.82, 2.24) is 0 Å². The monoisotopic (exact) mass is 377 g/mol. The van der Waals surface area contributed by atoms with Gasteiger partial charge in [0.15, 0.2) is 0 Å². The van der Waals surface area contributed by atoms with E-state index in [-0.39, 0.29) is 5.63 Å². The molecule has 0 radical (unpaired) electrons. The summed E-state index contributed by atoms with van der Waals surface area (Å²) in [6, 6.07) is 15.3. The van der Waals surface area contributed by atoms with E-state index in [1.165, 1.54) is 0 Å². The maximum Gasteiger partial charge on any atom is 0.344 e. The number of fused-ring (bicyclic) bond motifs is 1. The predicted octanol–water partition coefficient (Wildman–Crippen LogP) is 4.11. The highest BCUT2D eigenvalue weighted by atomic mass is 127. The Hall–Kier alpha value is -1.82. The molecule has 0 aliphatic carbocycles. The summed E-state index contributed by atoms with van der Waals surface area (Å²) in [4.78, 5) is 12.1. The molecular weight excluding hydrogens is 365 g/mol. The summed E-state index contributed by atoms with van der Waals surface area (Å²) in [6.45, 7) is 0. The van der Waals surface area contributed by atoms with E-state index in [0.717, 1.165) is 20.2 Å². The minimum absolute atomic E-state index is 0.309. The number of anilines is 1. The van der Waals surface area contributed by atoms with Crippen molar-refractivity contribution in [2.45, 2.75) is 0 Å². The quantitative estimate of drug-likeness (QED) is 0.540. The summed E-state index contributed by atoms with van der Waals surface area (Å²) in [6.07, 6.45) is 0. The van der Waals surface area contributed by atoms with Gasteiger partial charge < -0.3 is 9.73 Å². The fraction of sp³-hybridized carbons (Fsp3) is 0.0625. The van der Waals surface area contributed by atoms with Gasteiger partial charge in [-0.15, -0.1) is 0 Å². The lowest BCUT2D eigenvalue weighted by molar-refractivity contribution is 0.563. The van der Waals surface area contributed by atoms with Gasteiger partial charge in [-0.25, -0.2) is 4.79 Å². The van der Waals surface area contributed by atoms with Crippen LogP contribution in [0, 0.1) is 3.57 Å². The predicted molar refractivity (Wildman–Crippen MR) is 90.2 cm³/mol. The van der Waals surface area contributed by atoms with Gasteiger partial charge in [0.2, 0.25) is 0 Å². The Labute approximate surface area is 129 Å². The third-order valence-corrected chi connectivity index (χ3v) is 3.85. The molecule has 3 rings (SSSR count). The lowest BCUT2D eigenvalue weighted by atomic mass is 10.1. The van der Waals surface area contributed by atoms with E-state index >= 15 is 0 Å². The molecule has 2 aromatic carbocycles. The van der Waals surface area contributed by atoms with Gasteiger partial charge in [0.1, 0.15) is 5.58 Å². The molecule has 0 spiro atoms. The molecule has 1 heterocycles. The smallest absolute Gasteiger partial charge is 0.344 e. The Morgan fingerprint density at radius 1 is 1.05 bits per heavy atom. The van der Waals surface area contributed by atoms with Gasteiger partial charge in [-0.05, 0) is 64.6 Å². The van der Waals surface area contributed by atoms with Crippen molar-refractivity contribution in [3.8, 4) is 11.1 Å². The molecule has 1 N–H and O–H groups in total. The summed E-state index contributed by atoms with van der Waals surface area (Å²) in [5, 5.41) is 3.99. The molecule has 0 amide bonds. The van der Waals surface area contributed by atoms with Crippen LogP contribution < -0.4 is 10.9 Å². The van der Waals surface area contributed by atoms with E-state index < -0.39 is 0 Å². The van der Waals surface area contributed by atoms with E-state index in [1.54, 1.807) is 0 Å². The van der Waals surface area contributed by atoms with E-state index in [4.69, 9.17) is 4.42 Å². The molecule has 0 aliphatic rings. The topological polar surface area (TPSA) is 42.2 Å². The molecule has 0 aliphatic heterocycles. The van der Waals surface area contributed by atoms with Crippen LogP contribution in [0.2, 0.25) is 0 Å². The van der Waals surface area contributed by atoms with Crippen LogP contribution in [-0.4, -0.2) is 7.05 Å². The molecule has 4 heteroatoms. The standard InChI is InChI=1S/C16H12INO2/c1-18-13-5-2-10(3-6-13)14-9-11-8-12(17)4-7-15(11)20-16(14)19/h2-9,18H,1H3. The average Bonchev–Trinajstić information content (AvgIpc) is 2.47. The first kappa shape index (κ1) is 13.2. The zero-order chi connectivity index (χ0) is 14.1. The summed E-state index contributed by atoms with van der Waals surface area (Å²) in [7, 11) is 1.86.